The lowest BCUT2D eigenvalue weighted by atomic mass is 10.0. The first kappa shape index (κ1) is 20.4. The van der Waals surface area contributed by atoms with Gasteiger partial charge in [0, 0.05) is 42.9 Å². The highest BCUT2D eigenvalue weighted by molar-refractivity contribution is 6.41. The smallest absolute Gasteiger partial charge is 0.257 e. The molecule has 0 saturated carbocycles. The van der Waals surface area contributed by atoms with E-state index in [9.17, 15) is 4.79 Å². The number of hydrogen-bond acceptors (Lipinski definition) is 5. The van der Waals surface area contributed by atoms with Crippen LogP contribution in [0.15, 0.2) is 60.9 Å². The monoisotopic (exact) mass is 441 g/mol. The normalized spacial score (nSPS) is 14.4. The van der Waals surface area contributed by atoms with E-state index >= 15 is 0 Å². The Labute approximate surface area is 185 Å². The fourth-order valence-electron chi connectivity index (χ4n) is 3.44. The Morgan fingerprint density at radius 2 is 1.80 bits per heavy atom. The molecular formula is C22H21Cl2N5O. The first-order chi connectivity index (χ1) is 14.6. The van der Waals surface area contributed by atoms with Crippen molar-refractivity contribution in [3.63, 3.8) is 0 Å². The Hall–Kier alpha value is -2.83. The van der Waals surface area contributed by atoms with E-state index in [-0.39, 0.29) is 16.1 Å². The summed E-state index contributed by atoms with van der Waals surface area (Å²) in [5.74, 6) is 0.642. The molecule has 0 radical (unpaired) electrons. The Morgan fingerprint density at radius 1 is 1.03 bits per heavy atom. The number of carbonyl (C=O) groups is 1. The molecule has 0 unspecified atom stereocenters. The molecule has 2 N–H and O–H groups in total. The van der Waals surface area contributed by atoms with Crippen LogP contribution in [0, 0.1) is 0 Å². The molecule has 6 nitrogen and oxygen atoms in total. The molecule has 3 heterocycles. The van der Waals surface area contributed by atoms with Gasteiger partial charge >= 0.3 is 0 Å². The average molecular weight is 442 g/mol. The molecule has 2 aromatic heterocycles. The van der Waals surface area contributed by atoms with Crippen molar-refractivity contribution in [1.29, 1.82) is 0 Å². The Kier molecular flexibility index (Phi) is 6.35. The first-order valence-electron chi connectivity index (χ1n) is 9.73. The molecule has 1 aliphatic rings. The first-order valence-corrected chi connectivity index (χ1v) is 10.5. The number of nitrogens with zero attached hydrogens (tertiary/aromatic N) is 3. The van der Waals surface area contributed by atoms with Crippen LogP contribution in [0.2, 0.25) is 10.2 Å². The highest BCUT2D eigenvalue weighted by Crippen LogP contribution is 2.24. The number of aromatic nitrogens is 2. The van der Waals surface area contributed by atoms with Gasteiger partial charge in [-0.1, -0.05) is 29.3 Å². The van der Waals surface area contributed by atoms with Crippen LogP contribution in [0.3, 0.4) is 0 Å². The van der Waals surface area contributed by atoms with E-state index in [0.717, 1.165) is 37.4 Å². The highest BCUT2D eigenvalue weighted by atomic mass is 35.5. The lowest BCUT2D eigenvalue weighted by molar-refractivity contribution is 0.102. The molecule has 1 amide bonds. The molecule has 8 heteroatoms. The summed E-state index contributed by atoms with van der Waals surface area (Å²) in [5.41, 5.74) is 2.21. The maximum absolute atomic E-state index is 12.4. The zero-order valence-corrected chi connectivity index (χ0v) is 17.7. The SMILES string of the molecule is O=C(Nc1ccc(N2CCC(Nc3ccccn3)CC2)cc1)c1cnc(Cl)c(Cl)c1. The molecule has 30 heavy (non-hydrogen) atoms. The fraction of sp³-hybridized carbons (Fsp3) is 0.227. The van der Waals surface area contributed by atoms with Crippen molar-refractivity contribution in [2.45, 2.75) is 18.9 Å². The van der Waals surface area contributed by atoms with Gasteiger partial charge in [-0.15, -0.1) is 0 Å². The maximum Gasteiger partial charge on any atom is 0.257 e. The summed E-state index contributed by atoms with van der Waals surface area (Å²) in [4.78, 5) is 23.0. The van der Waals surface area contributed by atoms with E-state index in [1.807, 2.05) is 42.5 Å². The number of carbonyl (C=O) groups excluding carboxylic acids is 1. The van der Waals surface area contributed by atoms with Crippen LogP contribution in [-0.4, -0.2) is 35.0 Å². The largest absolute Gasteiger partial charge is 0.371 e. The molecule has 0 aliphatic carbocycles. The molecule has 3 aromatic rings. The number of piperidine rings is 1. The van der Waals surface area contributed by atoms with E-state index in [4.69, 9.17) is 23.2 Å². The van der Waals surface area contributed by atoms with E-state index in [1.54, 1.807) is 6.20 Å². The number of rotatable bonds is 5. The van der Waals surface area contributed by atoms with Gasteiger partial charge < -0.3 is 15.5 Å². The third kappa shape index (κ3) is 5.01. The quantitative estimate of drug-likeness (QED) is 0.537. The van der Waals surface area contributed by atoms with Gasteiger partial charge in [0.2, 0.25) is 0 Å². The lowest BCUT2D eigenvalue weighted by Gasteiger charge is -2.34. The molecule has 0 bridgehead atoms. The van der Waals surface area contributed by atoms with Gasteiger partial charge in [-0.2, -0.15) is 0 Å². The van der Waals surface area contributed by atoms with Gasteiger partial charge in [0.1, 0.15) is 11.0 Å². The summed E-state index contributed by atoms with van der Waals surface area (Å²) in [7, 11) is 0. The van der Waals surface area contributed by atoms with Crippen LogP contribution < -0.4 is 15.5 Å². The second-order valence-electron chi connectivity index (χ2n) is 7.12. The van der Waals surface area contributed by atoms with Crippen LogP contribution in [-0.2, 0) is 0 Å². The third-order valence-electron chi connectivity index (χ3n) is 5.06. The predicted octanol–water partition coefficient (Wildman–Crippen LogP) is 5.12. The van der Waals surface area contributed by atoms with Crippen molar-refractivity contribution in [1.82, 2.24) is 9.97 Å². The second-order valence-corrected chi connectivity index (χ2v) is 7.88. The Bertz CT molecular complexity index is 1010. The van der Waals surface area contributed by atoms with Crippen molar-refractivity contribution >= 4 is 46.3 Å². The minimum absolute atomic E-state index is 0.177. The number of halogens is 2. The van der Waals surface area contributed by atoms with E-state index in [2.05, 4.69) is 25.5 Å². The molecule has 4 rings (SSSR count). The molecule has 0 atom stereocenters. The van der Waals surface area contributed by atoms with Gasteiger partial charge in [-0.25, -0.2) is 9.97 Å². The number of benzene rings is 1. The summed E-state index contributed by atoms with van der Waals surface area (Å²) in [6.07, 6.45) is 5.29. The van der Waals surface area contributed by atoms with Crippen LogP contribution in [0.25, 0.3) is 0 Å². The topological polar surface area (TPSA) is 70.2 Å². The highest BCUT2D eigenvalue weighted by Gasteiger charge is 2.19. The van der Waals surface area contributed by atoms with Gasteiger partial charge in [-0.05, 0) is 55.3 Å². The third-order valence-corrected chi connectivity index (χ3v) is 5.75. The van der Waals surface area contributed by atoms with Gasteiger partial charge in [0.05, 0.1) is 10.6 Å². The number of anilines is 3. The van der Waals surface area contributed by atoms with Crippen molar-refractivity contribution in [2.24, 2.45) is 0 Å². The van der Waals surface area contributed by atoms with Crippen LogP contribution in [0.4, 0.5) is 17.2 Å². The van der Waals surface area contributed by atoms with E-state index < -0.39 is 0 Å². The van der Waals surface area contributed by atoms with Crippen molar-refractivity contribution < 1.29 is 4.79 Å². The zero-order valence-electron chi connectivity index (χ0n) is 16.2. The summed E-state index contributed by atoms with van der Waals surface area (Å²) < 4.78 is 0. The molecule has 154 valence electrons. The molecule has 1 aliphatic heterocycles. The van der Waals surface area contributed by atoms with Gasteiger partial charge in [-0.3, -0.25) is 4.79 Å². The molecule has 1 fully saturated rings. The average Bonchev–Trinajstić information content (AvgIpc) is 2.77. The number of amides is 1. The maximum atomic E-state index is 12.4. The number of nitrogens with one attached hydrogen (secondary N) is 2. The predicted molar refractivity (Wildman–Crippen MR) is 122 cm³/mol. The van der Waals surface area contributed by atoms with Crippen molar-refractivity contribution in [3.05, 3.63) is 76.7 Å². The van der Waals surface area contributed by atoms with Crippen LogP contribution >= 0.6 is 23.2 Å². The molecule has 1 saturated heterocycles. The van der Waals surface area contributed by atoms with Gasteiger partial charge in [0.25, 0.3) is 5.91 Å². The minimum atomic E-state index is -0.282. The number of pyridine rings is 2. The van der Waals surface area contributed by atoms with E-state index in [1.165, 1.54) is 12.3 Å². The van der Waals surface area contributed by atoms with Gasteiger partial charge in [0.15, 0.2) is 0 Å². The molecule has 0 spiro atoms. The minimum Gasteiger partial charge on any atom is -0.371 e. The number of hydrogen-bond donors (Lipinski definition) is 2. The second kappa shape index (κ2) is 9.32. The Balaban J connectivity index is 1.31. The summed E-state index contributed by atoms with van der Waals surface area (Å²) in [6, 6.07) is 15.7. The zero-order chi connectivity index (χ0) is 20.9. The van der Waals surface area contributed by atoms with E-state index in [0.29, 0.717) is 17.3 Å². The Morgan fingerprint density at radius 3 is 2.47 bits per heavy atom. The summed E-state index contributed by atoms with van der Waals surface area (Å²) in [6.45, 7) is 1.93. The fourth-order valence-corrected chi connectivity index (χ4v) is 3.71. The van der Waals surface area contributed by atoms with Crippen LogP contribution in [0.1, 0.15) is 23.2 Å². The standard InChI is InChI=1S/C22H21Cl2N5O/c23-19-13-15(14-26-21(19)24)22(30)28-16-4-6-18(7-5-16)29-11-8-17(9-12-29)27-20-3-1-2-10-25-20/h1-7,10,13-14,17H,8-9,11-12H2,(H,25,27)(H,28,30). The molecular weight excluding hydrogens is 421 g/mol. The van der Waals surface area contributed by atoms with Crippen molar-refractivity contribution in [2.75, 3.05) is 28.6 Å². The lowest BCUT2D eigenvalue weighted by Crippen LogP contribution is -2.39. The van der Waals surface area contributed by atoms with Crippen LogP contribution in [0.5, 0.6) is 0 Å². The summed E-state index contributed by atoms with van der Waals surface area (Å²) in [5, 5.41) is 6.78. The summed E-state index contributed by atoms with van der Waals surface area (Å²) >= 11 is 11.7. The van der Waals surface area contributed by atoms with Crippen molar-refractivity contribution in [3.8, 4) is 0 Å². The molecule has 1 aromatic carbocycles.